The molecule has 18 heavy (non-hydrogen) atoms. The lowest BCUT2D eigenvalue weighted by Gasteiger charge is -2.05. The highest BCUT2D eigenvalue weighted by Gasteiger charge is 2.07. The summed E-state index contributed by atoms with van der Waals surface area (Å²) in [6.45, 7) is 1.75. The van der Waals surface area contributed by atoms with Crippen LogP contribution in [-0.2, 0) is 7.05 Å². The van der Waals surface area contributed by atoms with E-state index in [1.165, 1.54) is 0 Å². The Bertz CT molecular complexity index is 731. The average Bonchev–Trinajstić information content (AvgIpc) is 2.80. The smallest absolute Gasteiger partial charge is 0.216 e. The summed E-state index contributed by atoms with van der Waals surface area (Å²) in [6.07, 6.45) is 5.30. The Hall–Kier alpha value is -2.23. The summed E-state index contributed by atoms with van der Waals surface area (Å²) in [5.74, 6) is -0.411. The van der Waals surface area contributed by atoms with E-state index in [1.807, 2.05) is 31.4 Å². The van der Waals surface area contributed by atoms with E-state index in [-0.39, 0.29) is 0 Å². The number of fused-ring (bicyclic) bond motifs is 1. The molecule has 3 nitrogen and oxygen atoms in total. The minimum atomic E-state index is -0.411. The van der Waals surface area contributed by atoms with Gasteiger partial charge in [-0.15, -0.1) is 0 Å². The van der Waals surface area contributed by atoms with E-state index in [0.29, 0.717) is 5.56 Å². The van der Waals surface area contributed by atoms with Crippen molar-refractivity contribution in [3.8, 4) is 11.1 Å². The fraction of sp³-hybridized carbons (Fsp3) is 0.143. The van der Waals surface area contributed by atoms with Crippen LogP contribution in [0.5, 0.6) is 0 Å². The Labute approximate surface area is 104 Å². The molecular weight excluding hydrogens is 229 g/mol. The highest BCUT2D eigenvalue weighted by atomic mass is 19.1. The van der Waals surface area contributed by atoms with Crippen LogP contribution in [0.1, 0.15) is 5.56 Å². The van der Waals surface area contributed by atoms with Crippen molar-refractivity contribution in [3.63, 3.8) is 0 Å². The van der Waals surface area contributed by atoms with Crippen LogP contribution in [0.15, 0.2) is 36.8 Å². The third-order valence-electron chi connectivity index (χ3n) is 3.12. The van der Waals surface area contributed by atoms with Crippen molar-refractivity contribution in [2.24, 2.45) is 7.05 Å². The van der Waals surface area contributed by atoms with Crippen LogP contribution in [0.2, 0.25) is 0 Å². The van der Waals surface area contributed by atoms with Gasteiger partial charge in [0.15, 0.2) is 0 Å². The number of halogens is 1. The molecule has 0 unspecified atom stereocenters. The van der Waals surface area contributed by atoms with E-state index in [1.54, 1.807) is 24.0 Å². The van der Waals surface area contributed by atoms with E-state index in [2.05, 4.69) is 10.1 Å². The van der Waals surface area contributed by atoms with Crippen molar-refractivity contribution < 1.29 is 4.39 Å². The van der Waals surface area contributed by atoms with Gasteiger partial charge >= 0.3 is 0 Å². The van der Waals surface area contributed by atoms with Crippen molar-refractivity contribution in [2.45, 2.75) is 6.92 Å². The summed E-state index contributed by atoms with van der Waals surface area (Å²) in [5.41, 5.74) is 2.64. The second-order valence-electron chi connectivity index (χ2n) is 4.38. The predicted molar refractivity (Wildman–Crippen MR) is 68.6 cm³/mol. The molecule has 0 saturated heterocycles. The number of hydrogen-bond acceptors (Lipinski definition) is 2. The number of nitrogens with zero attached hydrogens (tertiary/aromatic N) is 3. The Morgan fingerprint density at radius 1 is 1.17 bits per heavy atom. The first-order chi connectivity index (χ1) is 8.65. The van der Waals surface area contributed by atoms with Gasteiger partial charge in [0, 0.05) is 36.0 Å². The molecule has 3 rings (SSSR count). The Balaban J connectivity index is 2.24. The van der Waals surface area contributed by atoms with Gasteiger partial charge in [-0.3, -0.25) is 4.68 Å². The van der Waals surface area contributed by atoms with Crippen LogP contribution in [0.4, 0.5) is 4.39 Å². The van der Waals surface area contributed by atoms with Gasteiger partial charge in [-0.05, 0) is 23.9 Å². The molecule has 90 valence electrons. The second kappa shape index (κ2) is 3.91. The summed E-state index contributed by atoms with van der Waals surface area (Å²) in [6, 6.07) is 5.93. The van der Waals surface area contributed by atoms with Crippen LogP contribution in [-0.4, -0.2) is 14.8 Å². The molecule has 0 saturated carbocycles. The molecule has 0 atom stereocenters. The number of hydrogen-bond donors (Lipinski definition) is 0. The number of pyridine rings is 1. The lowest BCUT2D eigenvalue weighted by atomic mass is 10.0. The maximum atomic E-state index is 13.5. The molecule has 0 N–H and O–H groups in total. The minimum Gasteiger partial charge on any atom is -0.275 e. The molecule has 2 heterocycles. The fourth-order valence-corrected chi connectivity index (χ4v) is 2.08. The summed E-state index contributed by atoms with van der Waals surface area (Å²) >= 11 is 0. The summed E-state index contributed by atoms with van der Waals surface area (Å²) < 4.78 is 15.2. The molecule has 3 aromatic rings. The molecule has 1 aromatic carbocycles. The van der Waals surface area contributed by atoms with Crippen molar-refractivity contribution in [1.82, 2.24) is 14.8 Å². The van der Waals surface area contributed by atoms with Gasteiger partial charge in [0.1, 0.15) is 0 Å². The molecule has 0 bridgehead atoms. The molecule has 0 aliphatic carbocycles. The number of aryl methyl sites for hydroxylation is 2. The summed E-state index contributed by atoms with van der Waals surface area (Å²) in [4.78, 5) is 3.73. The SMILES string of the molecule is Cc1c(F)ncc2ccc(-c3cnn(C)c3)cc12. The Morgan fingerprint density at radius 2 is 2.00 bits per heavy atom. The molecule has 0 amide bonds. The van der Waals surface area contributed by atoms with Gasteiger partial charge in [0.25, 0.3) is 0 Å². The van der Waals surface area contributed by atoms with Gasteiger partial charge in [-0.1, -0.05) is 12.1 Å². The topological polar surface area (TPSA) is 30.7 Å². The van der Waals surface area contributed by atoms with Crippen LogP contribution in [0.3, 0.4) is 0 Å². The molecular formula is C14H12FN3. The van der Waals surface area contributed by atoms with Crippen molar-refractivity contribution in [1.29, 1.82) is 0 Å². The molecule has 0 radical (unpaired) electrons. The highest BCUT2D eigenvalue weighted by Crippen LogP contribution is 2.26. The van der Waals surface area contributed by atoms with Gasteiger partial charge in [0.2, 0.25) is 5.95 Å². The van der Waals surface area contributed by atoms with Crippen LogP contribution in [0, 0.1) is 12.9 Å². The van der Waals surface area contributed by atoms with Gasteiger partial charge in [0.05, 0.1) is 6.20 Å². The summed E-state index contributed by atoms with van der Waals surface area (Å²) in [7, 11) is 1.87. The highest BCUT2D eigenvalue weighted by molar-refractivity contribution is 5.89. The normalized spacial score (nSPS) is 11.1. The fourth-order valence-electron chi connectivity index (χ4n) is 2.08. The largest absolute Gasteiger partial charge is 0.275 e. The zero-order chi connectivity index (χ0) is 12.7. The van der Waals surface area contributed by atoms with Crippen LogP contribution in [0.25, 0.3) is 21.9 Å². The van der Waals surface area contributed by atoms with Crippen molar-refractivity contribution >= 4 is 10.8 Å². The van der Waals surface area contributed by atoms with Crippen molar-refractivity contribution in [3.05, 3.63) is 48.3 Å². The molecule has 2 aromatic heterocycles. The van der Waals surface area contributed by atoms with Gasteiger partial charge in [-0.25, -0.2) is 4.98 Å². The molecule has 0 aliphatic heterocycles. The zero-order valence-electron chi connectivity index (χ0n) is 10.2. The van der Waals surface area contributed by atoms with Gasteiger partial charge in [-0.2, -0.15) is 9.49 Å². The first kappa shape index (κ1) is 10.9. The van der Waals surface area contributed by atoms with E-state index < -0.39 is 5.95 Å². The van der Waals surface area contributed by atoms with E-state index in [0.717, 1.165) is 21.9 Å². The maximum absolute atomic E-state index is 13.5. The predicted octanol–water partition coefficient (Wildman–Crippen LogP) is 3.08. The monoisotopic (exact) mass is 241 g/mol. The molecule has 0 aliphatic rings. The third-order valence-corrected chi connectivity index (χ3v) is 3.12. The van der Waals surface area contributed by atoms with Crippen LogP contribution >= 0.6 is 0 Å². The Morgan fingerprint density at radius 3 is 2.72 bits per heavy atom. The zero-order valence-corrected chi connectivity index (χ0v) is 10.2. The van der Waals surface area contributed by atoms with Crippen LogP contribution < -0.4 is 0 Å². The Kier molecular flexibility index (Phi) is 2.37. The molecule has 4 heteroatoms. The quantitative estimate of drug-likeness (QED) is 0.613. The van der Waals surface area contributed by atoms with E-state index >= 15 is 0 Å². The average molecular weight is 241 g/mol. The number of rotatable bonds is 1. The molecule has 0 spiro atoms. The van der Waals surface area contributed by atoms with Gasteiger partial charge < -0.3 is 0 Å². The minimum absolute atomic E-state index is 0.411. The lowest BCUT2D eigenvalue weighted by Crippen LogP contribution is -1.90. The van der Waals surface area contributed by atoms with E-state index in [4.69, 9.17) is 0 Å². The summed E-state index contributed by atoms with van der Waals surface area (Å²) in [5, 5.41) is 5.98. The maximum Gasteiger partial charge on any atom is 0.216 e. The lowest BCUT2D eigenvalue weighted by molar-refractivity contribution is 0.577. The molecule has 0 fully saturated rings. The first-order valence-corrected chi connectivity index (χ1v) is 5.69. The van der Waals surface area contributed by atoms with E-state index in [9.17, 15) is 4.39 Å². The van der Waals surface area contributed by atoms with Crippen molar-refractivity contribution in [2.75, 3.05) is 0 Å². The first-order valence-electron chi connectivity index (χ1n) is 5.69. The standard InChI is InChI=1S/C14H12FN3/c1-9-13-5-10(12-7-17-18(2)8-12)3-4-11(13)6-16-14(9)15/h3-8H,1-2H3. The second-order valence-corrected chi connectivity index (χ2v) is 4.38. The third kappa shape index (κ3) is 1.66. The number of aromatic nitrogens is 3. The number of benzene rings is 1.